The molecule has 3 nitrogen and oxygen atoms in total. The minimum Gasteiger partial charge on any atom is -0.461 e. The molecule has 0 unspecified atom stereocenters. The van der Waals surface area contributed by atoms with E-state index in [1.165, 1.54) is 5.56 Å². The number of benzene rings is 2. The monoisotopic (exact) mass is 329 g/mol. The first-order valence-electron chi connectivity index (χ1n) is 7.82. The van der Waals surface area contributed by atoms with E-state index in [0.717, 1.165) is 46.7 Å². The van der Waals surface area contributed by atoms with Gasteiger partial charge in [-0.3, -0.25) is 0 Å². The lowest BCUT2D eigenvalue weighted by molar-refractivity contribution is 0.292. The lowest BCUT2D eigenvalue weighted by Gasteiger charge is -2.02. The zero-order valence-corrected chi connectivity index (χ0v) is 13.6. The Hall–Kier alpha value is -1.81. The second-order valence-electron chi connectivity index (χ2n) is 5.61. The summed E-state index contributed by atoms with van der Waals surface area (Å²) < 4.78 is 5.96. The van der Waals surface area contributed by atoms with E-state index in [2.05, 4.69) is 41.7 Å². The van der Waals surface area contributed by atoms with Gasteiger partial charge in [0.15, 0.2) is 0 Å². The molecule has 0 amide bonds. The maximum atomic E-state index is 8.80. The van der Waals surface area contributed by atoms with Gasteiger partial charge in [-0.05, 0) is 41.8 Å². The Bertz CT molecular complexity index is 765. The van der Waals surface area contributed by atoms with E-state index in [1.54, 1.807) is 0 Å². The van der Waals surface area contributed by atoms with Crippen LogP contribution in [0.5, 0.6) is 0 Å². The molecule has 0 aliphatic carbocycles. The van der Waals surface area contributed by atoms with E-state index in [0.29, 0.717) is 6.54 Å². The van der Waals surface area contributed by atoms with Gasteiger partial charge in [-0.15, -0.1) is 0 Å². The van der Waals surface area contributed by atoms with Crippen LogP contribution in [0, 0.1) is 0 Å². The van der Waals surface area contributed by atoms with Crippen LogP contribution in [0.15, 0.2) is 52.9 Å². The first kappa shape index (κ1) is 16.1. The predicted octanol–water partition coefficient (Wildman–Crippen LogP) is 3.95. The molecule has 2 aromatic carbocycles. The minimum absolute atomic E-state index is 0.151. The molecular weight excluding hydrogens is 310 g/mol. The highest BCUT2D eigenvalue weighted by Gasteiger charge is 2.05. The number of halogens is 1. The van der Waals surface area contributed by atoms with Crippen LogP contribution in [0.4, 0.5) is 0 Å². The van der Waals surface area contributed by atoms with Crippen molar-refractivity contribution in [1.82, 2.24) is 5.32 Å². The van der Waals surface area contributed by atoms with Crippen molar-refractivity contribution >= 4 is 22.6 Å². The molecule has 3 rings (SSSR count). The smallest absolute Gasteiger partial charge is 0.134 e. The molecule has 3 aromatic rings. The molecule has 0 radical (unpaired) electrons. The number of furan rings is 1. The number of rotatable bonds is 7. The van der Waals surface area contributed by atoms with Crippen LogP contribution in [0.2, 0.25) is 5.02 Å². The zero-order valence-electron chi connectivity index (χ0n) is 12.9. The molecule has 4 heteroatoms. The van der Waals surface area contributed by atoms with Gasteiger partial charge in [0.1, 0.15) is 11.3 Å². The summed E-state index contributed by atoms with van der Waals surface area (Å²) in [5, 5.41) is 13.9. The Balaban J connectivity index is 1.66. The second-order valence-corrected chi connectivity index (χ2v) is 6.05. The predicted molar refractivity (Wildman–Crippen MR) is 93.9 cm³/mol. The van der Waals surface area contributed by atoms with Gasteiger partial charge < -0.3 is 14.8 Å². The van der Waals surface area contributed by atoms with E-state index >= 15 is 0 Å². The number of aliphatic hydroxyl groups is 1. The molecule has 23 heavy (non-hydrogen) atoms. The Morgan fingerprint density at radius 3 is 2.52 bits per heavy atom. The van der Waals surface area contributed by atoms with Crippen LogP contribution >= 0.6 is 11.6 Å². The molecule has 2 N–H and O–H groups in total. The van der Waals surface area contributed by atoms with Crippen LogP contribution in [-0.2, 0) is 19.4 Å². The van der Waals surface area contributed by atoms with E-state index in [4.69, 9.17) is 21.1 Å². The van der Waals surface area contributed by atoms with E-state index in [1.807, 2.05) is 12.1 Å². The van der Waals surface area contributed by atoms with E-state index in [-0.39, 0.29) is 6.61 Å². The molecule has 0 aliphatic heterocycles. The molecule has 0 saturated heterocycles. The van der Waals surface area contributed by atoms with Crippen molar-refractivity contribution in [3.8, 4) is 0 Å². The van der Waals surface area contributed by atoms with Crippen LogP contribution in [0.3, 0.4) is 0 Å². The maximum absolute atomic E-state index is 8.80. The first-order valence-corrected chi connectivity index (χ1v) is 8.20. The summed E-state index contributed by atoms with van der Waals surface area (Å²) in [5.41, 5.74) is 3.33. The van der Waals surface area contributed by atoms with Gasteiger partial charge in [-0.25, -0.2) is 0 Å². The van der Waals surface area contributed by atoms with Gasteiger partial charge in [-0.2, -0.15) is 0 Å². The topological polar surface area (TPSA) is 45.4 Å². The Morgan fingerprint density at radius 1 is 0.957 bits per heavy atom. The Kier molecular flexibility index (Phi) is 5.34. The highest BCUT2D eigenvalue weighted by molar-refractivity contribution is 6.30. The van der Waals surface area contributed by atoms with Crippen molar-refractivity contribution in [1.29, 1.82) is 0 Å². The quantitative estimate of drug-likeness (QED) is 0.645. The third-order valence-electron chi connectivity index (χ3n) is 3.83. The van der Waals surface area contributed by atoms with Gasteiger partial charge in [0.25, 0.3) is 0 Å². The Morgan fingerprint density at radius 2 is 1.74 bits per heavy atom. The minimum atomic E-state index is 0.151. The lowest BCUT2D eigenvalue weighted by atomic mass is 10.1. The SMILES string of the molecule is OCCNCc1ccc2cc(CCc3ccc(Cl)cc3)oc2c1. The maximum Gasteiger partial charge on any atom is 0.134 e. The number of hydrogen-bond acceptors (Lipinski definition) is 3. The molecular formula is C19H20ClNO2. The van der Waals surface area contributed by atoms with Gasteiger partial charge >= 0.3 is 0 Å². The fourth-order valence-corrected chi connectivity index (χ4v) is 2.72. The van der Waals surface area contributed by atoms with Crippen LogP contribution in [0.25, 0.3) is 11.0 Å². The summed E-state index contributed by atoms with van der Waals surface area (Å²) in [6.07, 6.45) is 1.80. The zero-order chi connectivity index (χ0) is 16.1. The lowest BCUT2D eigenvalue weighted by Crippen LogP contribution is -2.17. The normalized spacial score (nSPS) is 11.2. The van der Waals surface area contributed by atoms with Crippen molar-refractivity contribution in [3.63, 3.8) is 0 Å². The number of nitrogens with one attached hydrogen (secondary N) is 1. The molecule has 0 fully saturated rings. The third-order valence-corrected chi connectivity index (χ3v) is 4.08. The van der Waals surface area contributed by atoms with Crippen molar-refractivity contribution in [2.45, 2.75) is 19.4 Å². The summed E-state index contributed by atoms with van der Waals surface area (Å²) in [6.45, 7) is 1.48. The number of fused-ring (bicyclic) bond motifs is 1. The fraction of sp³-hybridized carbons (Fsp3) is 0.263. The van der Waals surface area contributed by atoms with Crippen molar-refractivity contribution < 1.29 is 9.52 Å². The van der Waals surface area contributed by atoms with Crippen molar-refractivity contribution in [2.75, 3.05) is 13.2 Å². The summed E-state index contributed by atoms with van der Waals surface area (Å²) in [6, 6.07) is 16.3. The number of hydrogen-bond donors (Lipinski definition) is 2. The first-order chi connectivity index (χ1) is 11.2. The van der Waals surface area contributed by atoms with E-state index in [9.17, 15) is 0 Å². The standard InChI is InChI=1S/C19H20ClNO2/c20-17-6-2-14(3-7-17)4-8-18-12-16-5-1-15(11-19(16)23-18)13-21-9-10-22/h1-3,5-7,11-12,21-22H,4,8-10,13H2. The summed E-state index contributed by atoms with van der Waals surface area (Å²) >= 11 is 5.91. The van der Waals surface area contributed by atoms with Gasteiger partial charge in [0, 0.05) is 29.9 Å². The summed E-state index contributed by atoms with van der Waals surface area (Å²) in [7, 11) is 0. The molecule has 1 aromatic heterocycles. The average molecular weight is 330 g/mol. The van der Waals surface area contributed by atoms with Gasteiger partial charge in [0.2, 0.25) is 0 Å². The summed E-state index contributed by atoms with van der Waals surface area (Å²) in [5.74, 6) is 0.996. The van der Waals surface area contributed by atoms with Crippen LogP contribution in [0.1, 0.15) is 16.9 Å². The summed E-state index contributed by atoms with van der Waals surface area (Å²) in [4.78, 5) is 0. The van der Waals surface area contributed by atoms with Crippen LogP contribution in [-0.4, -0.2) is 18.3 Å². The van der Waals surface area contributed by atoms with Crippen molar-refractivity contribution in [3.05, 3.63) is 70.4 Å². The Labute approximate surface area is 140 Å². The molecule has 0 bridgehead atoms. The highest BCUT2D eigenvalue weighted by Crippen LogP contribution is 2.22. The molecule has 1 heterocycles. The molecule has 0 saturated carbocycles. The fourth-order valence-electron chi connectivity index (χ4n) is 2.59. The number of aryl methyl sites for hydroxylation is 2. The van der Waals surface area contributed by atoms with Crippen molar-refractivity contribution in [2.24, 2.45) is 0 Å². The van der Waals surface area contributed by atoms with E-state index < -0.39 is 0 Å². The highest BCUT2D eigenvalue weighted by atomic mass is 35.5. The second kappa shape index (κ2) is 7.64. The van der Waals surface area contributed by atoms with Crippen LogP contribution < -0.4 is 5.32 Å². The molecule has 0 spiro atoms. The molecule has 0 aliphatic rings. The number of aliphatic hydroxyl groups excluding tert-OH is 1. The molecule has 0 atom stereocenters. The average Bonchev–Trinajstić information content (AvgIpc) is 2.97. The third kappa shape index (κ3) is 4.35. The van der Waals surface area contributed by atoms with Gasteiger partial charge in [-0.1, -0.05) is 35.9 Å². The van der Waals surface area contributed by atoms with Gasteiger partial charge in [0.05, 0.1) is 6.61 Å². The molecule has 120 valence electrons. The largest absolute Gasteiger partial charge is 0.461 e.